The number of carbonyl (C=O) groups is 3. The van der Waals surface area contributed by atoms with Crippen molar-refractivity contribution in [1.82, 2.24) is 10.5 Å². The minimum Gasteiger partial charge on any atom is -0.481 e. The van der Waals surface area contributed by atoms with Crippen LogP contribution in [-0.2, 0) is 9.53 Å². The van der Waals surface area contributed by atoms with E-state index in [1.807, 2.05) is 36.4 Å². The van der Waals surface area contributed by atoms with Gasteiger partial charge in [0.15, 0.2) is 5.69 Å². The van der Waals surface area contributed by atoms with E-state index in [1.54, 1.807) is 6.92 Å². The predicted octanol–water partition coefficient (Wildman–Crippen LogP) is 4.02. The molecule has 0 saturated carbocycles. The minimum atomic E-state index is -1.01. The lowest BCUT2D eigenvalue weighted by atomic mass is 9.98. The monoisotopic (exact) mass is 449 g/mol. The highest BCUT2D eigenvalue weighted by atomic mass is 16.6. The molecule has 0 saturated heterocycles. The van der Waals surface area contributed by atoms with Gasteiger partial charge >= 0.3 is 12.1 Å². The molecule has 0 radical (unpaired) electrons. The maximum Gasteiger partial charge on any atom is 0.414 e. The molecule has 33 heavy (non-hydrogen) atoms. The smallest absolute Gasteiger partial charge is 0.414 e. The van der Waals surface area contributed by atoms with Gasteiger partial charge in [-0.3, -0.25) is 14.9 Å². The first kappa shape index (κ1) is 22.1. The van der Waals surface area contributed by atoms with Crippen molar-refractivity contribution in [2.75, 3.05) is 11.9 Å². The molecule has 4 rings (SSSR count). The lowest BCUT2D eigenvalue weighted by Gasteiger charge is -2.14. The lowest BCUT2D eigenvalue weighted by Crippen LogP contribution is -2.36. The molecule has 0 bridgehead atoms. The molecule has 1 aromatic heterocycles. The van der Waals surface area contributed by atoms with E-state index in [4.69, 9.17) is 14.4 Å². The molecule has 1 aliphatic carbocycles. The summed E-state index contributed by atoms with van der Waals surface area (Å²) in [6, 6.07) is 16.7. The summed E-state index contributed by atoms with van der Waals surface area (Å²) >= 11 is 0. The Morgan fingerprint density at radius 2 is 1.73 bits per heavy atom. The van der Waals surface area contributed by atoms with Gasteiger partial charge in [-0.05, 0) is 28.7 Å². The third-order valence-corrected chi connectivity index (χ3v) is 5.56. The van der Waals surface area contributed by atoms with Gasteiger partial charge in [0, 0.05) is 18.0 Å². The van der Waals surface area contributed by atoms with Gasteiger partial charge in [-0.15, -0.1) is 0 Å². The maximum absolute atomic E-state index is 12.3. The largest absolute Gasteiger partial charge is 0.481 e. The van der Waals surface area contributed by atoms with E-state index in [0.717, 1.165) is 22.3 Å². The fourth-order valence-corrected chi connectivity index (χ4v) is 3.94. The zero-order valence-electron chi connectivity index (χ0n) is 17.9. The van der Waals surface area contributed by atoms with Crippen LogP contribution in [0.25, 0.3) is 11.1 Å². The summed E-state index contributed by atoms with van der Waals surface area (Å²) in [4.78, 5) is 35.4. The number of carboxylic acids is 1. The van der Waals surface area contributed by atoms with Gasteiger partial charge in [-0.2, -0.15) is 0 Å². The van der Waals surface area contributed by atoms with Gasteiger partial charge in [0.25, 0.3) is 5.91 Å². The van der Waals surface area contributed by atoms with Crippen LogP contribution in [-0.4, -0.2) is 40.9 Å². The van der Waals surface area contributed by atoms with Crippen molar-refractivity contribution in [1.29, 1.82) is 0 Å². The molecule has 1 heterocycles. The Bertz CT molecular complexity index is 1140. The van der Waals surface area contributed by atoms with Crippen molar-refractivity contribution in [2.24, 2.45) is 0 Å². The highest BCUT2D eigenvalue weighted by Crippen LogP contribution is 2.44. The summed E-state index contributed by atoms with van der Waals surface area (Å²) in [7, 11) is 0. The highest BCUT2D eigenvalue weighted by molar-refractivity contribution is 5.94. The molecule has 3 N–H and O–H groups in total. The van der Waals surface area contributed by atoms with E-state index in [1.165, 1.54) is 6.07 Å². The number of aliphatic carboxylic acids is 1. The van der Waals surface area contributed by atoms with E-state index >= 15 is 0 Å². The number of rotatable bonds is 8. The zero-order chi connectivity index (χ0) is 23.4. The zero-order valence-corrected chi connectivity index (χ0v) is 17.9. The van der Waals surface area contributed by atoms with Crippen LogP contribution in [0.5, 0.6) is 0 Å². The van der Waals surface area contributed by atoms with Crippen molar-refractivity contribution < 1.29 is 28.8 Å². The number of aromatic nitrogens is 1. The highest BCUT2D eigenvalue weighted by Gasteiger charge is 2.29. The van der Waals surface area contributed by atoms with Gasteiger partial charge in [0.1, 0.15) is 6.61 Å². The molecular weight excluding hydrogens is 426 g/mol. The first-order valence-corrected chi connectivity index (χ1v) is 10.6. The number of carbonyl (C=O) groups excluding carboxylic acids is 2. The molecule has 0 fully saturated rings. The van der Waals surface area contributed by atoms with Crippen molar-refractivity contribution >= 4 is 23.9 Å². The standard InChI is InChI=1S/C24H23N3O6/c1-2-14(11-22(28)29)25-23(30)20-12-21(33-27-20)26-24(31)32-13-19-17-9-5-3-7-15(17)16-8-4-6-10-18(16)19/h3-10,12,14,19H,2,11,13H2,1H3,(H,25,30)(H,26,31)(H,28,29)/t14-/m1/s1. The van der Waals surface area contributed by atoms with Gasteiger partial charge in [0.05, 0.1) is 6.42 Å². The SMILES string of the molecule is CC[C@H](CC(=O)O)NC(=O)c1cc(NC(=O)OCC2c3ccccc3-c3ccccc32)on1. The number of carboxylic acid groups (broad SMARTS) is 1. The van der Waals surface area contributed by atoms with E-state index in [0.29, 0.717) is 6.42 Å². The van der Waals surface area contributed by atoms with Crippen LogP contribution < -0.4 is 10.6 Å². The normalized spacial score (nSPS) is 13.0. The van der Waals surface area contributed by atoms with E-state index < -0.39 is 24.0 Å². The summed E-state index contributed by atoms with van der Waals surface area (Å²) < 4.78 is 10.4. The fraction of sp³-hybridized carbons (Fsp3) is 0.250. The summed E-state index contributed by atoms with van der Waals surface area (Å²) in [6.07, 6.45) is -0.497. The van der Waals surface area contributed by atoms with Crippen LogP contribution in [0.1, 0.15) is 47.3 Å². The van der Waals surface area contributed by atoms with Crippen LogP contribution in [0.3, 0.4) is 0 Å². The number of nitrogens with one attached hydrogen (secondary N) is 2. The van der Waals surface area contributed by atoms with E-state index in [9.17, 15) is 14.4 Å². The molecule has 0 spiro atoms. The van der Waals surface area contributed by atoms with Gasteiger partial charge in [0.2, 0.25) is 5.88 Å². The van der Waals surface area contributed by atoms with Crippen LogP contribution in [0.2, 0.25) is 0 Å². The van der Waals surface area contributed by atoms with Gasteiger partial charge in [-0.1, -0.05) is 60.6 Å². The van der Waals surface area contributed by atoms with Crippen LogP contribution in [0.4, 0.5) is 10.7 Å². The Labute approximate surface area is 189 Å². The lowest BCUT2D eigenvalue weighted by molar-refractivity contribution is -0.137. The molecule has 9 nitrogen and oxygen atoms in total. The second kappa shape index (κ2) is 9.56. The first-order chi connectivity index (χ1) is 16.0. The molecule has 3 aromatic rings. The molecule has 2 aromatic carbocycles. The third-order valence-electron chi connectivity index (χ3n) is 5.56. The average Bonchev–Trinajstić information content (AvgIpc) is 3.39. The van der Waals surface area contributed by atoms with Crippen LogP contribution in [0.15, 0.2) is 59.1 Å². The van der Waals surface area contributed by atoms with Crippen LogP contribution >= 0.6 is 0 Å². The third kappa shape index (κ3) is 4.87. The molecule has 0 aliphatic heterocycles. The number of benzene rings is 2. The predicted molar refractivity (Wildman–Crippen MR) is 119 cm³/mol. The Balaban J connectivity index is 1.35. The number of anilines is 1. The second-order valence-corrected chi connectivity index (χ2v) is 7.70. The number of fused-ring (bicyclic) bond motifs is 3. The van der Waals surface area contributed by atoms with Gasteiger partial charge < -0.3 is 19.7 Å². The second-order valence-electron chi connectivity index (χ2n) is 7.70. The quantitative estimate of drug-likeness (QED) is 0.473. The fourth-order valence-electron chi connectivity index (χ4n) is 3.94. The molecule has 9 heteroatoms. The Morgan fingerprint density at radius 1 is 1.09 bits per heavy atom. The molecular formula is C24H23N3O6. The number of hydrogen-bond donors (Lipinski definition) is 3. The Kier molecular flexibility index (Phi) is 6.39. The summed E-state index contributed by atoms with van der Waals surface area (Å²) in [5.41, 5.74) is 4.37. The topological polar surface area (TPSA) is 131 Å². The number of nitrogens with zero attached hydrogens (tertiary/aromatic N) is 1. The van der Waals surface area contributed by atoms with E-state index in [2.05, 4.69) is 27.9 Å². The number of ether oxygens (including phenoxy) is 1. The average molecular weight is 449 g/mol. The maximum atomic E-state index is 12.3. The first-order valence-electron chi connectivity index (χ1n) is 10.6. The molecule has 170 valence electrons. The molecule has 0 unspecified atom stereocenters. The van der Waals surface area contributed by atoms with Crippen LogP contribution in [0, 0.1) is 0 Å². The van der Waals surface area contributed by atoms with Crippen molar-refractivity contribution in [3.05, 3.63) is 71.4 Å². The van der Waals surface area contributed by atoms with E-state index in [-0.39, 0.29) is 30.5 Å². The summed E-state index contributed by atoms with van der Waals surface area (Å²) in [5, 5.41) is 17.5. The van der Waals surface area contributed by atoms with Gasteiger partial charge in [-0.25, -0.2) is 4.79 Å². The minimum absolute atomic E-state index is 0.0522. The number of hydrogen-bond acceptors (Lipinski definition) is 6. The van der Waals surface area contributed by atoms with Crippen molar-refractivity contribution in [3.8, 4) is 11.1 Å². The molecule has 2 amide bonds. The molecule has 1 atom stereocenters. The molecule has 1 aliphatic rings. The van der Waals surface area contributed by atoms with Crippen molar-refractivity contribution in [2.45, 2.75) is 31.7 Å². The summed E-state index contributed by atoms with van der Waals surface area (Å²) in [5.74, 6) is -1.74. The van der Waals surface area contributed by atoms with Crippen molar-refractivity contribution in [3.63, 3.8) is 0 Å². The number of amides is 2. The Hall–Kier alpha value is -4.14. The summed E-state index contributed by atoms with van der Waals surface area (Å²) in [6.45, 7) is 1.90. The Morgan fingerprint density at radius 3 is 2.33 bits per heavy atom.